The number of carboxylic acid groups (broad SMARTS) is 1. The highest BCUT2D eigenvalue weighted by molar-refractivity contribution is 6.30. The molecule has 0 bridgehead atoms. The Morgan fingerprint density at radius 1 is 1.25 bits per heavy atom. The number of aromatic carboxylic acids is 1. The van der Waals surface area contributed by atoms with Crippen LogP contribution in [-0.2, 0) is 0 Å². The fraction of sp³-hybridized carbons (Fsp3) is 0.188. The predicted octanol–water partition coefficient (Wildman–Crippen LogP) is 4.41. The molecule has 0 aliphatic carbocycles. The largest absolute Gasteiger partial charge is 0.494 e. The summed E-state index contributed by atoms with van der Waals surface area (Å²) in [5, 5.41) is 9.84. The number of benzene rings is 2. The SMILES string of the molecule is CCOc1cc(C(=O)O)cc(-c2ccc(Cl)cc2C)c1. The third-order valence-electron chi connectivity index (χ3n) is 2.96. The van der Waals surface area contributed by atoms with Gasteiger partial charge in [-0.15, -0.1) is 0 Å². The van der Waals surface area contributed by atoms with Crippen molar-refractivity contribution in [2.75, 3.05) is 6.61 Å². The van der Waals surface area contributed by atoms with Crippen molar-refractivity contribution >= 4 is 17.6 Å². The molecule has 0 unspecified atom stereocenters. The van der Waals surface area contributed by atoms with E-state index in [9.17, 15) is 9.90 Å². The van der Waals surface area contributed by atoms with E-state index in [-0.39, 0.29) is 5.56 Å². The number of aryl methyl sites for hydroxylation is 1. The minimum atomic E-state index is -0.973. The van der Waals surface area contributed by atoms with Gasteiger partial charge in [0, 0.05) is 5.02 Å². The van der Waals surface area contributed by atoms with Crippen molar-refractivity contribution in [3.05, 3.63) is 52.5 Å². The van der Waals surface area contributed by atoms with Gasteiger partial charge in [0.2, 0.25) is 0 Å². The number of hydrogen-bond acceptors (Lipinski definition) is 2. The molecule has 3 nitrogen and oxygen atoms in total. The van der Waals surface area contributed by atoms with Gasteiger partial charge in [-0.2, -0.15) is 0 Å². The second-order valence-corrected chi connectivity index (χ2v) is 4.88. The summed E-state index contributed by atoms with van der Waals surface area (Å²) in [6, 6.07) is 10.5. The summed E-state index contributed by atoms with van der Waals surface area (Å²) in [4.78, 5) is 11.2. The van der Waals surface area contributed by atoms with Crippen LogP contribution in [0.25, 0.3) is 11.1 Å². The van der Waals surface area contributed by atoms with Crippen molar-refractivity contribution in [1.82, 2.24) is 0 Å². The van der Waals surface area contributed by atoms with Gasteiger partial charge < -0.3 is 9.84 Å². The van der Waals surface area contributed by atoms with E-state index in [0.717, 1.165) is 16.7 Å². The summed E-state index contributed by atoms with van der Waals surface area (Å²) in [7, 11) is 0. The molecule has 0 saturated carbocycles. The minimum Gasteiger partial charge on any atom is -0.494 e. The van der Waals surface area contributed by atoms with Crippen LogP contribution in [0.4, 0.5) is 0 Å². The average Bonchev–Trinajstić information content (AvgIpc) is 2.38. The van der Waals surface area contributed by atoms with Crippen LogP contribution >= 0.6 is 11.6 Å². The molecule has 2 aromatic rings. The molecule has 0 saturated heterocycles. The third-order valence-corrected chi connectivity index (χ3v) is 3.20. The Morgan fingerprint density at radius 2 is 2.00 bits per heavy atom. The number of halogens is 1. The Morgan fingerprint density at radius 3 is 2.60 bits per heavy atom. The highest BCUT2D eigenvalue weighted by Crippen LogP contribution is 2.30. The first-order chi connectivity index (χ1) is 9.51. The normalized spacial score (nSPS) is 10.3. The highest BCUT2D eigenvalue weighted by Gasteiger charge is 2.10. The van der Waals surface area contributed by atoms with Gasteiger partial charge in [-0.25, -0.2) is 4.79 Å². The second kappa shape index (κ2) is 5.97. The van der Waals surface area contributed by atoms with Crippen molar-refractivity contribution < 1.29 is 14.6 Å². The first kappa shape index (κ1) is 14.4. The molecule has 0 atom stereocenters. The molecule has 0 aromatic heterocycles. The zero-order valence-electron chi connectivity index (χ0n) is 11.3. The van der Waals surface area contributed by atoms with Crippen molar-refractivity contribution in [1.29, 1.82) is 0 Å². The van der Waals surface area contributed by atoms with Gasteiger partial charge in [-0.05, 0) is 60.9 Å². The van der Waals surface area contributed by atoms with E-state index in [1.165, 1.54) is 6.07 Å². The fourth-order valence-corrected chi connectivity index (χ4v) is 2.31. The van der Waals surface area contributed by atoms with Gasteiger partial charge >= 0.3 is 5.97 Å². The molecule has 0 aliphatic rings. The number of ether oxygens (including phenoxy) is 1. The molecule has 0 spiro atoms. The first-order valence-corrected chi connectivity index (χ1v) is 6.66. The van der Waals surface area contributed by atoms with Crippen LogP contribution in [0.15, 0.2) is 36.4 Å². The van der Waals surface area contributed by atoms with Crippen LogP contribution in [-0.4, -0.2) is 17.7 Å². The molecular formula is C16H15ClO3. The predicted molar refractivity (Wildman–Crippen MR) is 79.8 cm³/mol. The number of hydrogen-bond donors (Lipinski definition) is 1. The Hall–Kier alpha value is -2.00. The lowest BCUT2D eigenvalue weighted by Gasteiger charge is -2.11. The Labute approximate surface area is 122 Å². The van der Waals surface area contributed by atoms with Crippen LogP contribution in [0.3, 0.4) is 0 Å². The molecule has 0 fully saturated rings. The van der Waals surface area contributed by atoms with Crippen molar-refractivity contribution in [3.8, 4) is 16.9 Å². The smallest absolute Gasteiger partial charge is 0.335 e. The zero-order chi connectivity index (χ0) is 14.7. The van der Waals surface area contributed by atoms with Gasteiger partial charge in [0.15, 0.2) is 0 Å². The maximum atomic E-state index is 11.2. The molecule has 20 heavy (non-hydrogen) atoms. The van der Waals surface area contributed by atoms with E-state index in [0.29, 0.717) is 17.4 Å². The molecule has 0 heterocycles. The van der Waals surface area contributed by atoms with E-state index in [2.05, 4.69) is 0 Å². The maximum absolute atomic E-state index is 11.2. The van der Waals surface area contributed by atoms with E-state index in [1.54, 1.807) is 12.1 Å². The highest BCUT2D eigenvalue weighted by atomic mass is 35.5. The summed E-state index contributed by atoms with van der Waals surface area (Å²) < 4.78 is 5.43. The van der Waals surface area contributed by atoms with Gasteiger partial charge in [0.1, 0.15) is 5.75 Å². The van der Waals surface area contributed by atoms with Crippen molar-refractivity contribution in [2.45, 2.75) is 13.8 Å². The first-order valence-electron chi connectivity index (χ1n) is 6.29. The number of carbonyl (C=O) groups is 1. The molecule has 0 aliphatic heterocycles. The van der Waals surface area contributed by atoms with Crippen molar-refractivity contribution in [2.24, 2.45) is 0 Å². The van der Waals surface area contributed by atoms with Crippen LogP contribution in [0.2, 0.25) is 5.02 Å². The summed E-state index contributed by atoms with van der Waals surface area (Å²) in [6.07, 6.45) is 0. The van der Waals surface area contributed by atoms with Crippen LogP contribution in [0, 0.1) is 6.92 Å². The lowest BCUT2D eigenvalue weighted by atomic mass is 9.98. The quantitative estimate of drug-likeness (QED) is 0.907. The summed E-state index contributed by atoms with van der Waals surface area (Å²) in [5.74, 6) is -0.420. The van der Waals surface area contributed by atoms with E-state index >= 15 is 0 Å². The third kappa shape index (κ3) is 3.11. The topological polar surface area (TPSA) is 46.5 Å². The Balaban J connectivity index is 2.57. The van der Waals surface area contributed by atoms with E-state index < -0.39 is 5.97 Å². The maximum Gasteiger partial charge on any atom is 0.335 e. The van der Waals surface area contributed by atoms with Gasteiger partial charge in [0.05, 0.1) is 12.2 Å². The molecular weight excluding hydrogens is 276 g/mol. The van der Waals surface area contributed by atoms with E-state index in [4.69, 9.17) is 16.3 Å². The summed E-state index contributed by atoms with van der Waals surface area (Å²) >= 11 is 5.95. The lowest BCUT2D eigenvalue weighted by molar-refractivity contribution is 0.0696. The molecule has 0 radical (unpaired) electrons. The standard InChI is InChI=1S/C16H15ClO3/c1-3-20-14-8-11(7-12(9-14)16(18)19)15-5-4-13(17)6-10(15)2/h4-9H,3H2,1-2H3,(H,18,19). The Kier molecular flexibility index (Phi) is 4.30. The molecule has 1 N–H and O–H groups in total. The molecule has 0 amide bonds. The van der Waals surface area contributed by atoms with Crippen LogP contribution in [0.5, 0.6) is 5.75 Å². The summed E-state index contributed by atoms with van der Waals surface area (Å²) in [6.45, 7) is 4.29. The van der Waals surface area contributed by atoms with E-state index in [1.807, 2.05) is 32.0 Å². The second-order valence-electron chi connectivity index (χ2n) is 4.44. The van der Waals surface area contributed by atoms with Gasteiger partial charge in [-0.3, -0.25) is 0 Å². The Bertz CT molecular complexity index is 650. The minimum absolute atomic E-state index is 0.209. The fourth-order valence-electron chi connectivity index (χ4n) is 2.08. The summed E-state index contributed by atoms with van der Waals surface area (Å²) in [5.41, 5.74) is 2.95. The monoisotopic (exact) mass is 290 g/mol. The molecule has 2 rings (SSSR count). The lowest BCUT2D eigenvalue weighted by Crippen LogP contribution is -2.00. The van der Waals surface area contributed by atoms with Gasteiger partial charge in [0.25, 0.3) is 0 Å². The molecule has 2 aromatic carbocycles. The number of carboxylic acids is 1. The molecule has 104 valence electrons. The van der Waals surface area contributed by atoms with Crippen LogP contribution in [0.1, 0.15) is 22.8 Å². The number of rotatable bonds is 4. The zero-order valence-corrected chi connectivity index (χ0v) is 12.1. The average molecular weight is 291 g/mol. The van der Waals surface area contributed by atoms with Crippen molar-refractivity contribution in [3.63, 3.8) is 0 Å². The molecule has 4 heteroatoms. The van der Waals surface area contributed by atoms with Gasteiger partial charge in [-0.1, -0.05) is 17.7 Å². The van der Waals surface area contributed by atoms with Crippen LogP contribution < -0.4 is 4.74 Å².